The molecule has 2 heteroatoms. The summed E-state index contributed by atoms with van der Waals surface area (Å²) in [6.07, 6.45) is 5.48. The van der Waals surface area contributed by atoms with Gasteiger partial charge in [0.25, 0.3) is 0 Å². The molecule has 3 rings (SSSR count). The van der Waals surface area contributed by atoms with Gasteiger partial charge in [0.05, 0.1) is 11.6 Å². The number of nitrogens with one attached hydrogen (secondary N) is 1. The Morgan fingerprint density at radius 2 is 1.95 bits per heavy atom. The molecule has 2 aliphatic rings. The van der Waals surface area contributed by atoms with E-state index >= 15 is 0 Å². The Kier molecular flexibility index (Phi) is 4.00. The van der Waals surface area contributed by atoms with Gasteiger partial charge >= 0.3 is 0 Å². The van der Waals surface area contributed by atoms with E-state index < -0.39 is 5.60 Å². The van der Waals surface area contributed by atoms with Crippen molar-refractivity contribution in [2.24, 2.45) is 17.8 Å². The highest BCUT2D eigenvalue weighted by molar-refractivity contribution is 5.54. The van der Waals surface area contributed by atoms with E-state index in [1.54, 1.807) is 0 Å². The Hall–Kier alpha value is -1.02. The van der Waals surface area contributed by atoms with E-state index in [2.05, 4.69) is 50.4 Å². The van der Waals surface area contributed by atoms with Crippen molar-refractivity contribution in [3.8, 4) is 0 Å². The third-order valence-electron chi connectivity index (χ3n) is 5.75. The second-order valence-electron chi connectivity index (χ2n) is 7.62. The predicted octanol–water partition coefficient (Wildman–Crippen LogP) is 4.24. The van der Waals surface area contributed by atoms with Gasteiger partial charge in [0.2, 0.25) is 0 Å². The lowest BCUT2D eigenvalue weighted by atomic mass is 9.63. The molecule has 21 heavy (non-hydrogen) atoms. The standard InChI is InChI=1S/C19H29NO/c1-13(2)16-10-8-14(3)12-19(16,21)18-11-9-15-6-4-5-7-17(15)20-18/h4-7,13-14,16,18,20-21H,8-12H2,1-3H3. The molecule has 116 valence electrons. The summed E-state index contributed by atoms with van der Waals surface area (Å²) in [5.41, 5.74) is 2.06. The van der Waals surface area contributed by atoms with Gasteiger partial charge in [-0.25, -0.2) is 0 Å². The molecule has 0 amide bonds. The lowest BCUT2D eigenvalue weighted by Gasteiger charge is -2.50. The van der Waals surface area contributed by atoms with E-state index in [1.165, 1.54) is 17.7 Å². The lowest BCUT2D eigenvalue weighted by molar-refractivity contribution is -0.0949. The van der Waals surface area contributed by atoms with Gasteiger partial charge in [-0.15, -0.1) is 0 Å². The smallest absolute Gasteiger partial charge is 0.0880 e. The van der Waals surface area contributed by atoms with E-state index in [0.29, 0.717) is 17.8 Å². The van der Waals surface area contributed by atoms with Crippen LogP contribution in [-0.2, 0) is 6.42 Å². The highest BCUT2D eigenvalue weighted by Gasteiger charge is 2.48. The van der Waals surface area contributed by atoms with E-state index in [-0.39, 0.29) is 6.04 Å². The minimum atomic E-state index is -0.556. The Balaban J connectivity index is 1.86. The van der Waals surface area contributed by atoms with Crippen LogP contribution in [0.1, 0.15) is 52.0 Å². The van der Waals surface area contributed by atoms with Crippen LogP contribution in [0.5, 0.6) is 0 Å². The summed E-state index contributed by atoms with van der Waals surface area (Å²) < 4.78 is 0. The molecule has 0 aromatic heterocycles. The second kappa shape index (κ2) is 5.64. The summed E-state index contributed by atoms with van der Waals surface area (Å²) >= 11 is 0. The molecule has 1 saturated carbocycles. The predicted molar refractivity (Wildman–Crippen MR) is 88.5 cm³/mol. The van der Waals surface area contributed by atoms with Crippen molar-refractivity contribution >= 4 is 5.69 Å². The molecule has 1 fully saturated rings. The van der Waals surface area contributed by atoms with Crippen LogP contribution >= 0.6 is 0 Å². The number of hydrogen-bond donors (Lipinski definition) is 2. The molecule has 1 aromatic rings. The first-order valence-corrected chi connectivity index (χ1v) is 8.57. The van der Waals surface area contributed by atoms with Crippen LogP contribution < -0.4 is 5.32 Å². The van der Waals surface area contributed by atoms with Crippen LogP contribution in [-0.4, -0.2) is 16.7 Å². The molecule has 1 aliphatic carbocycles. The average Bonchev–Trinajstić information content (AvgIpc) is 2.46. The molecule has 0 radical (unpaired) electrons. The van der Waals surface area contributed by atoms with Gasteiger partial charge in [-0.05, 0) is 55.1 Å². The molecule has 1 heterocycles. The van der Waals surface area contributed by atoms with Crippen LogP contribution in [0.15, 0.2) is 24.3 Å². The highest BCUT2D eigenvalue weighted by atomic mass is 16.3. The maximum Gasteiger partial charge on any atom is 0.0880 e. The minimum absolute atomic E-state index is 0.197. The fourth-order valence-corrected chi connectivity index (χ4v) is 4.65. The summed E-state index contributed by atoms with van der Waals surface area (Å²) in [7, 11) is 0. The topological polar surface area (TPSA) is 32.3 Å². The van der Waals surface area contributed by atoms with Gasteiger partial charge in [-0.3, -0.25) is 0 Å². The van der Waals surface area contributed by atoms with Gasteiger partial charge < -0.3 is 10.4 Å². The second-order valence-corrected chi connectivity index (χ2v) is 7.62. The van der Waals surface area contributed by atoms with Gasteiger partial charge in [0.1, 0.15) is 0 Å². The Labute approximate surface area is 129 Å². The molecule has 4 atom stereocenters. The molecule has 0 spiro atoms. The van der Waals surface area contributed by atoms with E-state index in [0.717, 1.165) is 25.7 Å². The van der Waals surface area contributed by atoms with Gasteiger partial charge in [-0.2, -0.15) is 0 Å². The molecule has 1 aromatic carbocycles. The van der Waals surface area contributed by atoms with Crippen molar-refractivity contribution in [1.29, 1.82) is 0 Å². The molecular formula is C19H29NO. The number of aryl methyl sites for hydroxylation is 1. The molecule has 4 unspecified atom stereocenters. The fourth-order valence-electron chi connectivity index (χ4n) is 4.65. The van der Waals surface area contributed by atoms with Crippen LogP contribution in [0.4, 0.5) is 5.69 Å². The van der Waals surface area contributed by atoms with E-state index in [4.69, 9.17) is 0 Å². The lowest BCUT2D eigenvalue weighted by Crippen LogP contribution is -2.57. The third kappa shape index (κ3) is 2.70. The third-order valence-corrected chi connectivity index (χ3v) is 5.75. The number of hydrogen-bond acceptors (Lipinski definition) is 2. The molecule has 0 bridgehead atoms. The molecular weight excluding hydrogens is 258 g/mol. The van der Waals surface area contributed by atoms with Gasteiger partial charge in [0.15, 0.2) is 0 Å². The maximum atomic E-state index is 11.6. The number of rotatable bonds is 2. The normalized spacial score (nSPS) is 36.1. The van der Waals surface area contributed by atoms with Crippen molar-refractivity contribution in [1.82, 2.24) is 0 Å². The number of anilines is 1. The first-order valence-electron chi connectivity index (χ1n) is 8.57. The maximum absolute atomic E-state index is 11.6. The van der Waals surface area contributed by atoms with Crippen molar-refractivity contribution in [2.75, 3.05) is 5.32 Å². The quantitative estimate of drug-likeness (QED) is 0.853. The van der Waals surface area contributed by atoms with Crippen molar-refractivity contribution in [2.45, 2.75) is 64.5 Å². The van der Waals surface area contributed by atoms with Crippen LogP contribution in [0, 0.1) is 17.8 Å². The van der Waals surface area contributed by atoms with Crippen LogP contribution in [0.3, 0.4) is 0 Å². The van der Waals surface area contributed by atoms with Crippen molar-refractivity contribution in [3.63, 3.8) is 0 Å². The number of aliphatic hydroxyl groups is 1. The monoisotopic (exact) mass is 287 g/mol. The fraction of sp³-hybridized carbons (Fsp3) is 0.684. The summed E-state index contributed by atoms with van der Waals surface area (Å²) in [5, 5.41) is 15.2. The first kappa shape index (κ1) is 14.9. The van der Waals surface area contributed by atoms with Gasteiger partial charge in [0, 0.05) is 5.69 Å². The highest BCUT2D eigenvalue weighted by Crippen LogP contribution is 2.45. The molecule has 2 N–H and O–H groups in total. The minimum Gasteiger partial charge on any atom is -0.387 e. The van der Waals surface area contributed by atoms with E-state index in [1.807, 2.05) is 0 Å². The number of fused-ring (bicyclic) bond motifs is 1. The van der Waals surface area contributed by atoms with Crippen molar-refractivity contribution < 1.29 is 5.11 Å². The zero-order chi connectivity index (χ0) is 15.0. The number of benzene rings is 1. The Bertz CT molecular complexity index is 498. The van der Waals surface area contributed by atoms with Crippen LogP contribution in [0.25, 0.3) is 0 Å². The van der Waals surface area contributed by atoms with E-state index in [9.17, 15) is 5.11 Å². The molecule has 2 nitrogen and oxygen atoms in total. The summed E-state index contributed by atoms with van der Waals surface area (Å²) in [6.45, 7) is 6.82. The first-order chi connectivity index (χ1) is 10.0. The average molecular weight is 287 g/mol. The molecule has 1 aliphatic heterocycles. The Morgan fingerprint density at radius 3 is 2.71 bits per heavy atom. The SMILES string of the molecule is CC1CCC(C(C)C)C(O)(C2CCc3ccccc3N2)C1. The zero-order valence-electron chi connectivity index (χ0n) is 13.6. The zero-order valence-corrected chi connectivity index (χ0v) is 13.6. The largest absolute Gasteiger partial charge is 0.387 e. The molecule has 0 saturated heterocycles. The summed E-state index contributed by atoms with van der Waals surface area (Å²) in [6, 6.07) is 8.74. The van der Waals surface area contributed by atoms with Crippen molar-refractivity contribution in [3.05, 3.63) is 29.8 Å². The van der Waals surface area contributed by atoms with Crippen LogP contribution in [0.2, 0.25) is 0 Å². The Morgan fingerprint density at radius 1 is 1.19 bits per heavy atom. The number of para-hydroxylation sites is 1. The summed E-state index contributed by atoms with van der Waals surface area (Å²) in [4.78, 5) is 0. The van der Waals surface area contributed by atoms with Gasteiger partial charge in [-0.1, -0.05) is 45.4 Å². The summed E-state index contributed by atoms with van der Waals surface area (Å²) in [5.74, 6) is 1.59.